The highest BCUT2D eigenvalue weighted by atomic mass is 16.5. The summed E-state index contributed by atoms with van der Waals surface area (Å²) < 4.78 is 11.6. The zero-order valence-electron chi connectivity index (χ0n) is 12.0. The van der Waals surface area contributed by atoms with Gasteiger partial charge in [-0.25, -0.2) is 0 Å². The van der Waals surface area contributed by atoms with Crippen molar-refractivity contribution in [3.05, 3.63) is 29.8 Å². The van der Waals surface area contributed by atoms with Gasteiger partial charge in [-0.15, -0.1) is 0 Å². The fourth-order valence-corrected chi connectivity index (χ4v) is 2.69. The van der Waals surface area contributed by atoms with Crippen molar-refractivity contribution in [3.8, 4) is 5.75 Å². The number of ether oxygens (including phenoxy) is 2. The van der Waals surface area contributed by atoms with Gasteiger partial charge in [0.25, 0.3) is 0 Å². The van der Waals surface area contributed by atoms with Gasteiger partial charge < -0.3 is 9.47 Å². The fourth-order valence-electron chi connectivity index (χ4n) is 2.69. The molecule has 1 heterocycles. The summed E-state index contributed by atoms with van der Waals surface area (Å²) in [6.07, 6.45) is 2.26. The van der Waals surface area contributed by atoms with Crippen molar-refractivity contribution in [1.29, 1.82) is 0 Å². The molecule has 1 aliphatic heterocycles. The normalized spacial score (nSPS) is 24.7. The molecule has 1 aliphatic rings. The maximum atomic E-state index is 5.89. The lowest BCUT2D eigenvalue weighted by atomic mass is 9.88. The average Bonchev–Trinajstić information content (AvgIpc) is 2.77. The van der Waals surface area contributed by atoms with Crippen molar-refractivity contribution in [2.24, 2.45) is 5.84 Å². The Hall–Kier alpha value is -1.10. The number of rotatable bonds is 5. The van der Waals surface area contributed by atoms with Crippen LogP contribution in [-0.4, -0.2) is 18.3 Å². The first-order valence-corrected chi connectivity index (χ1v) is 6.92. The first kappa shape index (κ1) is 14.3. The van der Waals surface area contributed by atoms with Gasteiger partial charge in [-0.3, -0.25) is 11.3 Å². The van der Waals surface area contributed by atoms with Crippen molar-refractivity contribution in [1.82, 2.24) is 5.43 Å². The van der Waals surface area contributed by atoms with E-state index in [1.807, 2.05) is 32.0 Å². The Balaban J connectivity index is 2.23. The number of nitrogens with one attached hydrogen (secondary N) is 1. The van der Waals surface area contributed by atoms with Crippen LogP contribution >= 0.6 is 0 Å². The molecule has 0 amide bonds. The molecule has 0 aromatic heterocycles. The van der Waals surface area contributed by atoms with Crippen molar-refractivity contribution in [2.45, 2.75) is 51.4 Å². The van der Waals surface area contributed by atoms with Gasteiger partial charge in [0.15, 0.2) is 0 Å². The van der Waals surface area contributed by atoms with Gasteiger partial charge in [-0.2, -0.15) is 0 Å². The predicted molar refractivity (Wildman–Crippen MR) is 75.9 cm³/mol. The summed E-state index contributed by atoms with van der Waals surface area (Å²) in [6, 6.07) is 8.04. The maximum Gasteiger partial charge on any atom is 0.120 e. The minimum Gasteiger partial charge on any atom is -0.491 e. The Bertz CT molecular complexity index is 414. The van der Waals surface area contributed by atoms with Crippen LogP contribution in [0.1, 0.15) is 45.2 Å². The highest BCUT2D eigenvalue weighted by Crippen LogP contribution is 2.37. The van der Waals surface area contributed by atoms with Gasteiger partial charge in [-0.1, -0.05) is 12.1 Å². The standard InChI is InChI=1S/C15H24N2O2/c1-11(2)19-13-7-4-6-12(10-13)14(17-16)15(3)8-5-9-18-15/h4,6-7,10-11,14,17H,5,8-9,16H2,1-3H3. The maximum absolute atomic E-state index is 5.89. The van der Waals surface area contributed by atoms with E-state index in [4.69, 9.17) is 15.3 Å². The zero-order chi connectivity index (χ0) is 13.9. The molecular weight excluding hydrogens is 240 g/mol. The van der Waals surface area contributed by atoms with Gasteiger partial charge in [0.05, 0.1) is 17.7 Å². The average molecular weight is 264 g/mol. The lowest BCUT2D eigenvalue weighted by molar-refractivity contribution is -0.0126. The summed E-state index contributed by atoms with van der Waals surface area (Å²) in [4.78, 5) is 0. The summed E-state index contributed by atoms with van der Waals surface area (Å²) in [5.41, 5.74) is 3.76. The second-order valence-corrected chi connectivity index (χ2v) is 5.60. The Morgan fingerprint density at radius 3 is 2.79 bits per heavy atom. The molecule has 1 aromatic rings. The highest BCUT2D eigenvalue weighted by Gasteiger charge is 2.38. The minimum absolute atomic E-state index is 0.0225. The molecule has 4 heteroatoms. The molecule has 0 spiro atoms. The van der Waals surface area contributed by atoms with Gasteiger partial charge in [0.2, 0.25) is 0 Å². The predicted octanol–water partition coefficient (Wildman–Crippen LogP) is 2.55. The molecule has 106 valence electrons. The van der Waals surface area contributed by atoms with Crippen LogP contribution in [0.5, 0.6) is 5.75 Å². The lowest BCUT2D eigenvalue weighted by Gasteiger charge is -2.33. The molecule has 1 fully saturated rings. The van der Waals surface area contributed by atoms with Crippen LogP contribution < -0.4 is 16.0 Å². The molecule has 1 saturated heterocycles. The zero-order valence-corrected chi connectivity index (χ0v) is 12.0. The second-order valence-electron chi connectivity index (χ2n) is 5.60. The molecule has 0 aliphatic carbocycles. The van der Waals surface area contributed by atoms with Gasteiger partial charge in [-0.05, 0) is 51.3 Å². The summed E-state index contributed by atoms with van der Waals surface area (Å²) in [5, 5.41) is 0. The highest BCUT2D eigenvalue weighted by molar-refractivity contribution is 5.32. The third-order valence-electron chi connectivity index (χ3n) is 3.59. The third-order valence-corrected chi connectivity index (χ3v) is 3.59. The molecule has 4 nitrogen and oxygen atoms in total. The molecule has 2 rings (SSSR count). The molecule has 3 N–H and O–H groups in total. The summed E-state index contributed by atoms with van der Waals surface area (Å²) in [5.74, 6) is 6.62. The van der Waals surface area contributed by atoms with Crippen LogP contribution in [0.4, 0.5) is 0 Å². The minimum atomic E-state index is -0.245. The second kappa shape index (κ2) is 5.90. The topological polar surface area (TPSA) is 56.5 Å². The number of nitrogens with two attached hydrogens (primary N) is 1. The SMILES string of the molecule is CC(C)Oc1cccc(C(NN)C2(C)CCCO2)c1. The number of hydrazine groups is 1. The monoisotopic (exact) mass is 264 g/mol. The molecule has 0 radical (unpaired) electrons. The third kappa shape index (κ3) is 3.26. The number of hydrogen-bond donors (Lipinski definition) is 2. The van der Waals surface area contributed by atoms with Crippen molar-refractivity contribution >= 4 is 0 Å². The van der Waals surface area contributed by atoms with E-state index in [0.717, 1.165) is 30.8 Å². The Kier molecular flexibility index (Phi) is 4.45. The van der Waals surface area contributed by atoms with E-state index in [-0.39, 0.29) is 17.7 Å². The van der Waals surface area contributed by atoms with E-state index in [2.05, 4.69) is 18.4 Å². The van der Waals surface area contributed by atoms with E-state index < -0.39 is 0 Å². The molecule has 0 saturated carbocycles. The van der Waals surface area contributed by atoms with Crippen LogP contribution in [0.25, 0.3) is 0 Å². The number of hydrogen-bond acceptors (Lipinski definition) is 4. The van der Waals surface area contributed by atoms with Crippen LogP contribution in [0.3, 0.4) is 0 Å². The molecular formula is C15H24N2O2. The first-order chi connectivity index (χ1) is 9.05. The van der Waals surface area contributed by atoms with E-state index in [9.17, 15) is 0 Å². The van der Waals surface area contributed by atoms with E-state index >= 15 is 0 Å². The smallest absolute Gasteiger partial charge is 0.120 e. The molecule has 1 aromatic carbocycles. The Morgan fingerprint density at radius 1 is 1.42 bits per heavy atom. The summed E-state index contributed by atoms with van der Waals surface area (Å²) >= 11 is 0. The molecule has 0 bridgehead atoms. The molecule has 2 unspecified atom stereocenters. The first-order valence-electron chi connectivity index (χ1n) is 6.92. The lowest BCUT2D eigenvalue weighted by Crippen LogP contribution is -2.44. The molecule has 2 atom stereocenters. The van der Waals surface area contributed by atoms with Gasteiger partial charge in [0.1, 0.15) is 5.75 Å². The Labute approximate surface area is 115 Å². The van der Waals surface area contributed by atoms with Crippen LogP contribution in [-0.2, 0) is 4.74 Å². The van der Waals surface area contributed by atoms with Gasteiger partial charge in [0, 0.05) is 6.61 Å². The van der Waals surface area contributed by atoms with Crippen LogP contribution in [0.2, 0.25) is 0 Å². The van der Waals surface area contributed by atoms with E-state index in [1.54, 1.807) is 0 Å². The van der Waals surface area contributed by atoms with Gasteiger partial charge >= 0.3 is 0 Å². The van der Waals surface area contributed by atoms with E-state index in [0.29, 0.717) is 0 Å². The molecule has 19 heavy (non-hydrogen) atoms. The van der Waals surface area contributed by atoms with Crippen LogP contribution in [0.15, 0.2) is 24.3 Å². The summed E-state index contributed by atoms with van der Waals surface area (Å²) in [6.45, 7) is 6.96. The van der Waals surface area contributed by atoms with Crippen molar-refractivity contribution in [3.63, 3.8) is 0 Å². The summed E-state index contributed by atoms with van der Waals surface area (Å²) in [7, 11) is 0. The van der Waals surface area contributed by atoms with Crippen molar-refractivity contribution in [2.75, 3.05) is 6.61 Å². The van der Waals surface area contributed by atoms with Crippen LogP contribution in [0, 0.1) is 0 Å². The largest absolute Gasteiger partial charge is 0.491 e. The Morgan fingerprint density at radius 2 is 2.21 bits per heavy atom. The fraction of sp³-hybridized carbons (Fsp3) is 0.600. The van der Waals surface area contributed by atoms with E-state index in [1.165, 1.54) is 0 Å². The number of benzene rings is 1. The quantitative estimate of drug-likeness (QED) is 0.634. The van der Waals surface area contributed by atoms with Crippen molar-refractivity contribution < 1.29 is 9.47 Å².